The third-order valence-corrected chi connectivity index (χ3v) is 6.44. The second kappa shape index (κ2) is 7.83. The Morgan fingerprint density at radius 1 is 1.32 bits per heavy atom. The predicted octanol–water partition coefficient (Wildman–Crippen LogP) is 2.83. The fourth-order valence-electron chi connectivity index (χ4n) is 3.29. The molecular weight excluding hydrogens is 384 g/mol. The lowest BCUT2D eigenvalue weighted by molar-refractivity contribution is -0.151. The number of carbonyl (C=O) groups excluding carboxylic acids is 1. The van der Waals surface area contributed by atoms with Crippen LogP contribution in [-0.2, 0) is 19.6 Å². The molecule has 0 saturated carbocycles. The van der Waals surface area contributed by atoms with Crippen molar-refractivity contribution in [1.29, 1.82) is 0 Å². The van der Waals surface area contributed by atoms with E-state index in [9.17, 15) is 13.2 Å². The number of sulfonamides is 1. The van der Waals surface area contributed by atoms with Crippen LogP contribution in [-0.4, -0.2) is 44.6 Å². The van der Waals surface area contributed by atoms with Gasteiger partial charge in [0, 0.05) is 5.56 Å². The Balaban J connectivity index is 2.09. The van der Waals surface area contributed by atoms with Gasteiger partial charge in [0.15, 0.2) is 0 Å². The molecule has 1 aliphatic rings. The highest BCUT2D eigenvalue weighted by atomic mass is 32.2. The number of benzene rings is 1. The molecular formula is C19H24N2O6S. The number of aromatic nitrogens is 1. The number of fused-ring (bicyclic) bond motifs is 1. The van der Waals surface area contributed by atoms with Crippen molar-refractivity contribution >= 4 is 21.7 Å². The van der Waals surface area contributed by atoms with E-state index in [0.717, 1.165) is 11.1 Å². The standard InChI is InChI=1S/C19H24N2O6S/c1-5-9-28(23,24)21-11-17(19(22)25-6-2)26-16-8-7-14(10-15(16)21)18-12(3)20-27-13(18)4/h7-8,10,17H,5-6,9,11H2,1-4H3. The first-order chi connectivity index (χ1) is 13.3. The second-order valence-corrected chi connectivity index (χ2v) is 8.60. The van der Waals surface area contributed by atoms with Crippen LogP contribution < -0.4 is 9.04 Å². The number of nitrogens with zero attached hydrogens (tertiary/aromatic N) is 2. The van der Waals surface area contributed by atoms with Crippen LogP contribution in [0.2, 0.25) is 0 Å². The van der Waals surface area contributed by atoms with E-state index in [1.54, 1.807) is 39.0 Å². The molecule has 0 radical (unpaired) electrons. The molecule has 1 unspecified atom stereocenters. The maximum atomic E-state index is 12.9. The molecule has 1 atom stereocenters. The number of hydrogen-bond donors (Lipinski definition) is 0. The van der Waals surface area contributed by atoms with Gasteiger partial charge < -0.3 is 14.0 Å². The summed E-state index contributed by atoms with van der Waals surface area (Å²) in [5, 5.41) is 3.96. The number of carbonyl (C=O) groups is 1. The average molecular weight is 408 g/mol. The molecule has 0 aliphatic carbocycles. The highest BCUT2D eigenvalue weighted by Gasteiger charge is 2.37. The molecule has 152 valence electrons. The van der Waals surface area contributed by atoms with E-state index in [1.165, 1.54) is 4.31 Å². The zero-order chi connectivity index (χ0) is 20.5. The summed E-state index contributed by atoms with van der Waals surface area (Å²) in [5.41, 5.74) is 2.68. The molecule has 0 amide bonds. The summed E-state index contributed by atoms with van der Waals surface area (Å²) in [6.45, 7) is 7.17. The van der Waals surface area contributed by atoms with Crippen molar-refractivity contribution in [2.45, 2.75) is 40.2 Å². The van der Waals surface area contributed by atoms with Crippen molar-refractivity contribution < 1.29 is 27.2 Å². The molecule has 9 heteroatoms. The van der Waals surface area contributed by atoms with Crippen LogP contribution in [0.5, 0.6) is 5.75 Å². The van der Waals surface area contributed by atoms with E-state index in [2.05, 4.69) is 5.16 Å². The second-order valence-electron chi connectivity index (χ2n) is 6.59. The van der Waals surface area contributed by atoms with Gasteiger partial charge in [-0.25, -0.2) is 13.2 Å². The summed E-state index contributed by atoms with van der Waals surface area (Å²) in [4.78, 5) is 12.2. The lowest BCUT2D eigenvalue weighted by atomic mass is 10.0. The first-order valence-corrected chi connectivity index (χ1v) is 10.8. The maximum Gasteiger partial charge on any atom is 0.349 e. The third-order valence-electron chi connectivity index (χ3n) is 4.50. The number of aryl methyl sites for hydroxylation is 2. The van der Waals surface area contributed by atoms with Gasteiger partial charge in [0.2, 0.25) is 16.1 Å². The normalized spacial score (nSPS) is 16.4. The number of ether oxygens (including phenoxy) is 2. The minimum absolute atomic E-state index is 0.0302. The van der Waals surface area contributed by atoms with E-state index in [1.807, 2.05) is 6.92 Å². The molecule has 28 heavy (non-hydrogen) atoms. The Morgan fingerprint density at radius 3 is 2.68 bits per heavy atom. The van der Waals surface area contributed by atoms with Crippen molar-refractivity contribution in [2.24, 2.45) is 0 Å². The SMILES string of the molecule is CCCS(=O)(=O)N1CC(C(=O)OCC)Oc2ccc(-c3c(C)noc3C)cc21. The molecule has 8 nitrogen and oxygen atoms in total. The van der Waals surface area contributed by atoms with Crippen molar-refractivity contribution in [2.75, 3.05) is 23.2 Å². The van der Waals surface area contributed by atoms with E-state index >= 15 is 0 Å². The van der Waals surface area contributed by atoms with Gasteiger partial charge in [-0.15, -0.1) is 0 Å². The zero-order valence-corrected chi connectivity index (χ0v) is 17.2. The van der Waals surface area contributed by atoms with Crippen molar-refractivity contribution in [3.8, 4) is 16.9 Å². The molecule has 1 aromatic heterocycles. The zero-order valence-electron chi connectivity index (χ0n) is 16.4. The summed E-state index contributed by atoms with van der Waals surface area (Å²) >= 11 is 0. The van der Waals surface area contributed by atoms with Crippen LogP contribution >= 0.6 is 0 Å². The molecule has 0 bridgehead atoms. The summed E-state index contributed by atoms with van der Waals surface area (Å²) in [6, 6.07) is 5.19. The molecule has 3 rings (SSSR count). The largest absolute Gasteiger partial charge is 0.475 e. The fourth-order valence-corrected chi connectivity index (χ4v) is 4.83. The van der Waals surface area contributed by atoms with E-state index < -0.39 is 22.1 Å². The molecule has 1 aromatic carbocycles. The van der Waals surface area contributed by atoms with Gasteiger partial charge in [-0.2, -0.15) is 0 Å². The summed E-state index contributed by atoms with van der Waals surface area (Å²) in [5.74, 6) is 0.345. The van der Waals surface area contributed by atoms with Crippen LogP contribution in [0, 0.1) is 13.8 Å². The minimum Gasteiger partial charge on any atom is -0.475 e. The van der Waals surface area contributed by atoms with Gasteiger partial charge in [-0.05, 0) is 44.9 Å². The van der Waals surface area contributed by atoms with Crippen LogP contribution in [0.25, 0.3) is 11.1 Å². The average Bonchev–Trinajstić information content (AvgIpc) is 2.99. The molecule has 0 spiro atoms. The molecule has 1 aliphatic heterocycles. The van der Waals surface area contributed by atoms with E-state index in [0.29, 0.717) is 29.3 Å². The lowest BCUT2D eigenvalue weighted by Gasteiger charge is -2.34. The highest BCUT2D eigenvalue weighted by Crippen LogP contribution is 2.40. The Hall–Kier alpha value is -2.55. The highest BCUT2D eigenvalue weighted by molar-refractivity contribution is 7.92. The Morgan fingerprint density at radius 2 is 2.07 bits per heavy atom. The van der Waals surface area contributed by atoms with Crippen LogP contribution in [0.3, 0.4) is 0 Å². The summed E-state index contributed by atoms with van der Waals surface area (Å²) < 4.78 is 43.1. The Labute approximate surface area is 164 Å². The van der Waals surface area contributed by atoms with E-state index in [4.69, 9.17) is 14.0 Å². The monoisotopic (exact) mass is 408 g/mol. The van der Waals surface area contributed by atoms with Crippen molar-refractivity contribution in [1.82, 2.24) is 5.16 Å². The van der Waals surface area contributed by atoms with Crippen LogP contribution in [0.1, 0.15) is 31.7 Å². The van der Waals surface area contributed by atoms with Crippen LogP contribution in [0.4, 0.5) is 5.69 Å². The number of esters is 1. The molecule has 2 aromatic rings. The maximum absolute atomic E-state index is 12.9. The summed E-state index contributed by atoms with van der Waals surface area (Å²) in [7, 11) is -3.63. The molecule has 0 N–H and O–H groups in total. The number of hydrogen-bond acceptors (Lipinski definition) is 7. The Bertz CT molecular complexity index is 963. The van der Waals surface area contributed by atoms with Crippen molar-refractivity contribution in [3.05, 3.63) is 29.7 Å². The predicted molar refractivity (Wildman–Crippen MR) is 104 cm³/mol. The molecule has 0 fully saturated rings. The van der Waals surface area contributed by atoms with Gasteiger partial charge in [0.05, 0.1) is 30.3 Å². The van der Waals surface area contributed by atoms with Gasteiger partial charge in [0.1, 0.15) is 11.5 Å². The van der Waals surface area contributed by atoms with Crippen molar-refractivity contribution in [3.63, 3.8) is 0 Å². The summed E-state index contributed by atoms with van der Waals surface area (Å²) in [6.07, 6.45) is -0.549. The third kappa shape index (κ3) is 3.71. The molecule has 0 saturated heterocycles. The number of rotatable bonds is 6. The Kier molecular flexibility index (Phi) is 5.64. The minimum atomic E-state index is -3.63. The smallest absolute Gasteiger partial charge is 0.349 e. The van der Waals surface area contributed by atoms with Gasteiger partial charge in [0.25, 0.3) is 0 Å². The lowest BCUT2D eigenvalue weighted by Crippen LogP contribution is -2.48. The van der Waals surface area contributed by atoms with E-state index in [-0.39, 0.29) is 18.9 Å². The number of anilines is 1. The topological polar surface area (TPSA) is 98.9 Å². The quantitative estimate of drug-likeness (QED) is 0.678. The molecule has 2 heterocycles. The van der Waals surface area contributed by atoms with Gasteiger partial charge in [-0.1, -0.05) is 18.1 Å². The fraction of sp³-hybridized carbons (Fsp3) is 0.474. The van der Waals surface area contributed by atoms with Gasteiger partial charge >= 0.3 is 5.97 Å². The first kappa shape index (κ1) is 20.2. The van der Waals surface area contributed by atoms with Crippen LogP contribution in [0.15, 0.2) is 22.7 Å². The first-order valence-electron chi connectivity index (χ1n) is 9.19. The van der Waals surface area contributed by atoms with Gasteiger partial charge in [-0.3, -0.25) is 4.31 Å².